The summed E-state index contributed by atoms with van der Waals surface area (Å²) < 4.78 is 18.5. The fraction of sp³-hybridized carbons (Fsp3) is 0.200. The van der Waals surface area contributed by atoms with E-state index in [1.54, 1.807) is 6.92 Å². The Balaban J connectivity index is 1.97. The second kappa shape index (κ2) is 7.22. The number of urea groups is 1. The summed E-state index contributed by atoms with van der Waals surface area (Å²) >= 11 is 5.89. The van der Waals surface area contributed by atoms with E-state index in [-0.39, 0.29) is 34.5 Å². The van der Waals surface area contributed by atoms with E-state index in [1.807, 2.05) is 0 Å². The van der Waals surface area contributed by atoms with Gasteiger partial charge in [-0.2, -0.15) is 0 Å². The van der Waals surface area contributed by atoms with Gasteiger partial charge in [-0.05, 0) is 19.1 Å². The molecule has 24 heavy (non-hydrogen) atoms. The van der Waals surface area contributed by atoms with Crippen molar-refractivity contribution in [1.29, 1.82) is 0 Å². The van der Waals surface area contributed by atoms with Crippen molar-refractivity contribution in [1.82, 2.24) is 16.0 Å². The van der Waals surface area contributed by atoms with E-state index < -0.39 is 23.8 Å². The molecule has 5 N–H and O–H groups in total. The number of hydrogen-bond donors (Lipinski definition) is 4. The fourth-order valence-corrected chi connectivity index (χ4v) is 2.06. The molecule has 1 heterocycles. The van der Waals surface area contributed by atoms with Gasteiger partial charge >= 0.3 is 6.03 Å². The van der Waals surface area contributed by atoms with E-state index in [2.05, 4.69) is 22.5 Å². The monoisotopic (exact) mass is 354 g/mol. The summed E-state index contributed by atoms with van der Waals surface area (Å²) in [6, 6.07) is 2.67. The van der Waals surface area contributed by atoms with Crippen molar-refractivity contribution < 1.29 is 18.7 Å². The van der Waals surface area contributed by atoms with Crippen molar-refractivity contribution in [2.75, 3.05) is 6.61 Å². The highest BCUT2D eigenvalue weighted by Gasteiger charge is 2.24. The van der Waals surface area contributed by atoms with Gasteiger partial charge in [-0.15, -0.1) is 0 Å². The third kappa shape index (κ3) is 4.17. The number of carbonyl (C=O) groups is 2. The lowest BCUT2D eigenvalue weighted by atomic mass is 10.2. The maximum absolute atomic E-state index is 13.2. The van der Waals surface area contributed by atoms with Gasteiger partial charge in [-0.1, -0.05) is 18.2 Å². The van der Waals surface area contributed by atoms with Crippen LogP contribution < -0.4 is 26.4 Å². The maximum Gasteiger partial charge on any atom is 0.323 e. The third-order valence-electron chi connectivity index (χ3n) is 3.08. The van der Waals surface area contributed by atoms with Gasteiger partial charge in [0.25, 0.3) is 5.91 Å². The molecular formula is C15H16ClFN4O3. The molecule has 1 atom stereocenters. The summed E-state index contributed by atoms with van der Waals surface area (Å²) in [5.74, 6) is -0.912. The predicted molar refractivity (Wildman–Crippen MR) is 86.5 cm³/mol. The van der Waals surface area contributed by atoms with E-state index in [0.29, 0.717) is 0 Å². The van der Waals surface area contributed by atoms with Crippen molar-refractivity contribution in [2.24, 2.45) is 5.73 Å². The molecule has 128 valence electrons. The average Bonchev–Trinajstić information content (AvgIpc) is 2.51. The van der Waals surface area contributed by atoms with Crippen LogP contribution in [0.2, 0.25) is 5.02 Å². The van der Waals surface area contributed by atoms with Crippen LogP contribution >= 0.6 is 11.6 Å². The van der Waals surface area contributed by atoms with Crippen molar-refractivity contribution in [3.05, 3.63) is 52.7 Å². The Bertz CT molecular complexity index is 735. The molecule has 1 aromatic carbocycles. The van der Waals surface area contributed by atoms with Crippen LogP contribution in [-0.4, -0.2) is 24.6 Å². The molecule has 0 unspecified atom stereocenters. The molecule has 0 fully saturated rings. The Morgan fingerprint density at radius 1 is 1.50 bits per heavy atom. The number of carbonyl (C=O) groups excluding carboxylic acids is 2. The van der Waals surface area contributed by atoms with Gasteiger partial charge in [0.15, 0.2) is 0 Å². The van der Waals surface area contributed by atoms with Gasteiger partial charge in [-0.3, -0.25) is 4.79 Å². The zero-order valence-electron chi connectivity index (χ0n) is 12.8. The lowest BCUT2D eigenvalue weighted by Gasteiger charge is -2.22. The first kappa shape index (κ1) is 17.6. The third-order valence-corrected chi connectivity index (χ3v) is 3.40. The average molecular weight is 355 g/mol. The minimum Gasteiger partial charge on any atom is -0.490 e. The molecule has 0 radical (unpaired) electrons. The van der Waals surface area contributed by atoms with Crippen molar-refractivity contribution in [2.45, 2.75) is 13.0 Å². The van der Waals surface area contributed by atoms with E-state index in [0.717, 1.165) is 6.07 Å². The Kier molecular flexibility index (Phi) is 5.30. The van der Waals surface area contributed by atoms with Crippen LogP contribution in [0.15, 0.2) is 41.9 Å². The zero-order chi connectivity index (χ0) is 17.9. The SMILES string of the molecule is C=C1NC(=O)NC(C(=O)N[C@H](C)COc2cc(F)ccc2Cl)=C1N. The molecule has 0 aliphatic carbocycles. The first-order valence-electron chi connectivity index (χ1n) is 6.93. The van der Waals surface area contributed by atoms with E-state index in [4.69, 9.17) is 22.1 Å². The summed E-state index contributed by atoms with van der Waals surface area (Å²) in [4.78, 5) is 23.5. The number of benzene rings is 1. The van der Waals surface area contributed by atoms with Gasteiger partial charge < -0.3 is 26.4 Å². The number of amides is 3. The molecule has 0 saturated carbocycles. The second-order valence-corrected chi connectivity index (χ2v) is 5.51. The first-order valence-corrected chi connectivity index (χ1v) is 7.31. The van der Waals surface area contributed by atoms with Gasteiger partial charge in [-0.25, -0.2) is 9.18 Å². The highest BCUT2D eigenvalue weighted by molar-refractivity contribution is 6.32. The minimum atomic E-state index is -0.602. The van der Waals surface area contributed by atoms with E-state index >= 15 is 0 Å². The lowest BCUT2D eigenvalue weighted by molar-refractivity contribution is -0.118. The predicted octanol–water partition coefficient (Wildman–Crippen LogP) is 1.36. The topological polar surface area (TPSA) is 105 Å². The molecule has 3 amide bonds. The van der Waals surface area contributed by atoms with Crippen LogP contribution in [0.4, 0.5) is 9.18 Å². The molecule has 7 nitrogen and oxygen atoms in total. The Hall–Kier alpha value is -2.74. The quantitative estimate of drug-likeness (QED) is 0.640. The van der Waals surface area contributed by atoms with Crippen LogP contribution in [0.25, 0.3) is 0 Å². The second-order valence-electron chi connectivity index (χ2n) is 5.11. The smallest absolute Gasteiger partial charge is 0.323 e. The Morgan fingerprint density at radius 2 is 2.21 bits per heavy atom. The largest absolute Gasteiger partial charge is 0.490 e. The van der Waals surface area contributed by atoms with Crippen molar-refractivity contribution in [3.63, 3.8) is 0 Å². The highest BCUT2D eigenvalue weighted by atomic mass is 35.5. The van der Waals surface area contributed by atoms with Gasteiger partial charge in [0.2, 0.25) is 0 Å². The maximum atomic E-state index is 13.2. The van der Waals surface area contributed by atoms with Crippen LogP contribution in [0, 0.1) is 5.82 Å². The minimum absolute atomic E-state index is 0.0355. The molecule has 0 aromatic heterocycles. The lowest BCUT2D eigenvalue weighted by Crippen LogP contribution is -2.49. The molecular weight excluding hydrogens is 339 g/mol. The summed E-state index contributed by atoms with van der Waals surface area (Å²) in [6.45, 7) is 5.24. The molecule has 1 aliphatic heterocycles. The van der Waals surface area contributed by atoms with Crippen LogP contribution in [-0.2, 0) is 4.79 Å². The number of nitrogens with two attached hydrogens (primary N) is 1. The van der Waals surface area contributed by atoms with Gasteiger partial charge in [0, 0.05) is 6.07 Å². The van der Waals surface area contributed by atoms with Crippen LogP contribution in [0.5, 0.6) is 5.75 Å². The van der Waals surface area contributed by atoms with Crippen LogP contribution in [0.1, 0.15) is 6.92 Å². The van der Waals surface area contributed by atoms with Crippen LogP contribution in [0.3, 0.4) is 0 Å². The summed E-state index contributed by atoms with van der Waals surface area (Å²) in [6.07, 6.45) is 0. The van der Waals surface area contributed by atoms with Gasteiger partial charge in [0.1, 0.15) is 23.9 Å². The molecule has 2 rings (SSSR count). The number of hydrogen-bond acceptors (Lipinski definition) is 4. The van der Waals surface area contributed by atoms with E-state index in [9.17, 15) is 14.0 Å². The Labute approximate surface area is 142 Å². The summed E-state index contributed by atoms with van der Waals surface area (Å²) in [5, 5.41) is 7.51. The summed E-state index contributed by atoms with van der Waals surface area (Å²) in [7, 11) is 0. The van der Waals surface area contributed by atoms with Gasteiger partial charge in [0.05, 0.1) is 22.5 Å². The van der Waals surface area contributed by atoms with Crippen molar-refractivity contribution in [3.8, 4) is 5.75 Å². The number of rotatable bonds is 5. The molecule has 1 aromatic rings. The molecule has 1 aliphatic rings. The zero-order valence-corrected chi connectivity index (χ0v) is 13.5. The standard InChI is InChI=1S/C15H16ClFN4O3/c1-7(6-24-11-5-9(17)3-4-10(11)16)19-14(22)13-12(18)8(2)20-15(23)21-13/h3-5,7H,2,6,18H2,1H3,(H,19,22)(H2,20,21,23)/t7-/m1/s1. The number of ether oxygens (including phenoxy) is 1. The highest BCUT2D eigenvalue weighted by Crippen LogP contribution is 2.24. The van der Waals surface area contributed by atoms with Crippen molar-refractivity contribution >= 4 is 23.5 Å². The summed E-state index contributed by atoms with van der Waals surface area (Å²) in [5.41, 5.74) is 5.79. The normalized spacial score (nSPS) is 15.5. The number of halogens is 2. The van der Waals surface area contributed by atoms with E-state index in [1.165, 1.54) is 12.1 Å². The molecule has 9 heteroatoms. The number of nitrogens with one attached hydrogen (secondary N) is 3. The molecule has 0 spiro atoms. The molecule has 0 saturated heterocycles. The fourth-order valence-electron chi connectivity index (χ4n) is 1.89. The first-order chi connectivity index (χ1) is 11.3. The Morgan fingerprint density at radius 3 is 2.92 bits per heavy atom. The molecule has 0 bridgehead atoms.